The Balaban J connectivity index is 2.94. The van der Waals surface area contributed by atoms with Crippen LogP contribution in [0.2, 0.25) is 0 Å². The molecule has 1 fully saturated rings. The van der Waals surface area contributed by atoms with Gasteiger partial charge in [-0.3, -0.25) is 38.8 Å². The van der Waals surface area contributed by atoms with E-state index in [4.69, 9.17) is 15.0 Å². The molecule has 210 valence electrons. The van der Waals surface area contributed by atoms with Gasteiger partial charge < -0.3 is 14.8 Å². The number of azide groups is 1. The fourth-order valence-electron chi connectivity index (χ4n) is 3.75. The van der Waals surface area contributed by atoms with Crippen LogP contribution in [0.5, 0.6) is 0 Å². The zero-order chi connectivity index (χ0) is 27.5. The first-order valence-corrected chi connectivity index (χ1v) is 12.6. The average Bonchev–Trinajstić information content (AvgIpc) is 2.89. The molecule has 1 amide bonds. The molecule has 14 nitrogen and oxygen atoms in total. The van der Waals surface area contributed by atoms with Crippen molar-refractivity contribution in [1.82, 2.24) is 24.9 Å². The predicted octanol–water partition coefficient (Wildman–Crippen LogP) is -0.650. The normalized spacial score (nSPS) is 17.1. The molecule has 1 heterocycles. The second-order valence-electron chi connectivity index (χ2n) is 8.81. The van der Waals surface area contributed by atoms with Crippen LogP contribution in [0.3, 0.4) is 0 Å². The lowest BCUT2D eigenvalue weighted by Crippen LogP contribution is -2.50. The Labute approximate surface area is 218 Å². The van der Waals surface area contributed by atoms with E-state index < -0.39 is 0 Å². The molecule has 0 atom stereocenters. The molecule has 0 aromatic carbocycles. The molecule has 37 heavy (non-hydrogen) atoms. The van der Waals surface area contributed by atoms with E-state index in [2.05, 4.69) is 15.3 Å². The number of ketones is 1. The Morgan fingerprint density at radius 3 is 1.62 bits per heavy atom. The molecule has 0 unspecified atom stereocenters. The quantitative estimate of drug-likeness (QED) is 0.107. The van der Waals surface area contributed by atoms with Crippen LogP contribution in [0.1, 0.15) is 19.8 Å². The summed E-state index contributed by atoms with van der Waals surface area (Å²) in [6, 6.07) is 0. The maximum absolute atomic E-state index is 12.5. The minimum absolute atomic E-state index is 0.111. The standard InChI is InChI=1S/C23H42N8O6/c1-4-20(32)16-28-8-12-30(18-22(34)36-2)14-10-29(17-21(33)25-6-5-7-26-27-24)11-15-31(13-9-28)19-23(35)37-3/h4-19H2,1-3H3,(H,25,33). The van der Waals surface area contributed by atoms with Crippen LogP contribution in [-0.4, -0.2) is 149 Å². The number of nitrogens with one attached hydrogen (secondary N) is 1. The van der Waals surface area contributed by atoms with Crippen LogP contribution in [0.15, 0.2) is 5.11 Å². The lowest BCUT2D eigenvalue weighted by atomic mass is 10.2. The van der Waals surface area contributed by atoms with Crippen LogP contribution < -0.4 is 5.32 Å². The van der Waals surface area contributed by atoms with Crippen molar-refractivity contribution in [1.29, 1.82) is 0 Å². The molecule has 0 saturated carbocycles. The minimum atomic E-state index is -0.350. The van der Waals surface area contributed by atoms with E-state index in [9.17, 15) is 19.2 Å². The Morgan fingerprint density at radius 2 is 1.22 bits per heavy atom. The lowest BCUT2D eigenvalue weighted by molar-refractivity contribution is -0.142. The molecular formula is C23H42N8O6. The molecular weight excluding hydrogens is 484 g/mol. The third-order valence-corrected chi connectivity index (χ3v) is 6.07. The Bertz CT molecular complexity index is 742. The molecule has 0 radical (unpaired) electrons. The second kappa shape index (κ2) is 19.4. The molecule has 1 aliphatic heterocycles. The van der Waals surface area contributed by atoms with E-state index in [1.807, 2.05) is 26.5 Å². The van der Waals surface area contributed by atoms with Gasteiger partial charge in [0.2, 0.25) is 5.91 Å². The van der Waals surface area contributed by atoms with Gasteiger partial charge in [-0.1, -0.05) is 12.0 Å². The summed E-state index contributed by atoms with van der Waals surface area (Å²) in [7, 11) is 2.69. The number of esters is 2. The van der Waals surface area contributed by atoms with Crippen LogP contribution in [-0.2, 0) is 28.7 Å². The molecule has 0 bridgehead atoms. The topological polar surface area (TPSA) is 160 Å². The maximum Gasteiger partial charge on any atom is 0.319 e. The summed E-state index contributed by atoms with van der Waals surface area (Å²) in [5.41, 5.74) is 8.35. The predicted molar refractivity (Wildman–Crippen MR) is 137 cm³/mol. The summed E-state index contributed by atoms with van der Waals surface area (Å²) in [5.74, 6) is -0.729. The van der Waals surface area contributed by atoms with Crippen molar-refractivity contribution in [2.24, 2.45) is 5.11 Å². The fourth-order valence-corrected chi connectivity index (χ4v) is 3.75. The largest absolute Gasteiger partial charge is 0.468 e. The average molecular weight is 527 g/mol. The van der Waals surface area contributed by atoms with E-state index in [1.54, 1.807) is 0 Å². The third kappa shape index (κ3) is 15.2. The van der Waals surface area contributed by atoms with Crippen molar-refractivity contribution in [3.63, 3.8) is 0 Å². The molecule has 1 rings (SSSR count). The Hall–Kier alpha value is -2.77. The van der Waals surface area contributed by atoms with Gasteiger partial charge in [-0.25, -0.2) is 0 Å². The highest BCUT2D eigenvalue weighted by Crippen LogP contribution is 2.03. The highest BCUT2D eigenvalue weighted by Gasteiger charge is 2.21. The Kier molecular flexibility index (Phi) is 16.9. The van der Waals surface area contributed by atoms with Gasteiger partial charge >= 0.3 is 11.9 Å². The van der Waals surface area contributed by atoms with Gasteiger partial charge in [0.25, 0.3) is 0 Å². The maximum atomic E-state index is 12.5. The lowest BCUT2D eigenvalue weighted by Gasteiger charge is -2.33. The monoisotopic (exact) mass is 526 g/mol. The van der Waals surface area contributed by atoms with E-state index in [1.165, 1.54) is 14.2 Å². The van der Waals surface area contributed by atoms with Crippen molar-refractivity contribution in [2.45, 2.75) is 19.8 Å². The van der Waals surface area contributed by atoms with E-state index in [0.717, 1.165) is 0 Å². The number of methoxy groups -OCH3 is 2. The molecule has 1 aliphatic rings. The zero-order valence-electron chi connectivity index (χ0n) is 22.4. The number of rotatable bonds is 13. The highest BCUT2D eigenvalue weighted by molar-refractivity contribution is 5.80. The number of ether oxygens (including phenoxy) is 2. The van der Waals surface area contributed by atoms with Crippen molar-refractivity contribution >= 4 is 23.6 Å². The molecule has 0 aromatic rings. The molecule has 14 heteroatoms. The molecule has 0 spiro atoms. The summed E-state index contributed by atoms with van der Waals surface area (Å²) in [4.78, 5) is 59.3. The third-order valence-electron chi connectivity index (χ3n) is 6.07. The summed E-state index contributed by atoms with van der Waals surface area (Å²) in [6.45, 7) is 7.53. The Morgan fingerprint density at radius 1 is 0.784 bits per heavy atom. The van der Waals surface area contributed by atoms with Crippen molar-refractivity contribution < 1.29 is 28.7 Å². The van der Waals surface area contributed by atoms with Gasteiger partial charge in [-0.15, -0.1) is 0 Å². The van der Waals surface area contributed by atoms with E-state index >= 15 is 0 Å². The van der Waals surface area contributed by atoms with Crippen LogP contribution in [0, 0.1) is 0 Å². The summed E-state index contributed by atoms with van der Waals surface area (Å²) in [5, 5.41) is 6.29. The number of carbonyl (C=O) groups excluding carboxylic acids is 4. The second-order valence-corrected chi connectivity index (χ2v) is 8.81. The SMILES string of the molecule is CCC(=O)CN1CCN(CC(=O)OC)CCN(CC(=O)NCCCN=[N+]=[N-])CCN(CC(=O)OC)CC1. The first-order valence-electron chi connectivity index (χ1n) is 12.6. The number of hydrogen-bond acceptors (Lipinski definition) is 11. The van der Waals surface area contributed by atoms with Crippen molar-refractivity contribution in [2.75, 3.05) is 106 Å². The van der Waals surface area contributed by atoms with Gasteiger partial charge in [0.1, 0.15) is 5.78 Å². The van der Waals surface area contributed by atoms with Crippen molar-refractivity contribution in [3.05, 3.63) is 10.4 Å². The van der Waals surface area contributed by atoms with Gasteiger partial charge in [0.15, 0.2) is 0 Å². The van der Waals surface area contributed by atoms with E-state index in [0.29, 0.717) is 84.8 Å². The number of nitrogens with zero attached hydrogens (tertiary/aromatic N) is 7. The molecule has 1 N–H and O–H groups in total. The van der Waals surface area contributed by atoms with Gasteiger partial charge in [0, 0.05) is 76.8 Å². The first kappa shape index (κ1) is 32.3. The van der Waals surface area contributed by atoms with Crippen LogP contribution >= 0.6 is 0 Å². The first-order chi connectivity index (χ1) is 17.8. The number of hydrogen-bond donors (Lipinski definition) is 1. The number of amides is 1. The summed E-state index contributed by atoms with van der Waals surface area (Å²) in [6.07, 6.45) is 0.990. The summed E-state index contributed by atoms with van der Waals surface area (Å²) < 4.78 is 9.71. The van der Waals surface area contributed by atoms with Crippen molar-refractivity contribution in [3.8, 4) is 0 Å². The zero-order valence-corrected chi connectivity index (χ0v) is 22.4. The number of carbonyl (C=O) groups is 4. The summed E-state index contributed by atoms with van der Waals surface area (Å²) >= 11 is 0. The van der Waals surface area contributed by atoms with Crippen LogP contribution in [0.4, 0.5) is 0 Å². The fraction of sp³-hybridized carbons (Fsp3) is 0.826. The van der Waals surface area contributed by atoms with Gasteiger partial charge in [-0.05, 0) is 12.0 Å². The smallest absolute Gasteiger partial charge is 0.319 e. The molecule has 0 aliphatic carbocycles. The van der Waals surface area contributed by atoms with Gasteiger partial charge in [0.05, 0.1) is 40.4 Å². The van der Waals surface area contributed by atoms with E-state index in [-0.39, 0.29) is 43.3 Å². The molecule has 0 aromatic heterocycles. The van der Waals surface area contributed by atoms with Crippen LogP contribution in [0.25, 0.3) is 10.4 Å². The number of Topliss-reactive ketones (excluding diaryl/α,β-unsaturated/α-hetero) is 1. The highest BCUT2D eigenvalue weighted by atomic mass is 16.5. The minimum Gasteiger partial charge on any atom is -0.468 e. The molecule has 1 saturated heterocycles. The van der Waals surface area contributed by atoms with Gasteiger partial charge in [-0.2, -0.15) is 0 Å².